The Bertz CT molecular complexity index is 222. The number of piperazine rings is 1. The first kappa shape index (κ1) is 13.3. The lowest BCUT2D eigenvalue weighted by atomic mass is 9.84. The molecule has 1 saturated heterocycles. The summed E-state index contributed by atoms with van der Waals surface area (Å²) >= 11 is 0. The SMILES string of the molecule is CC(C)N1CCN(CC2CCCCC2N)CC1. The normalized spacial score (nSPS) is 33.2. The molecule has 2 fully saturated rings. The molecular formula is C14H29N3. The molecule has 2 N–H and O–H groups in total. The molecule has 0 amide bonds. The Kier molecular flexibility index (Phi) is 4.83. The Hall–Kier alpha value is -0.120. The first-order valence-corrected chi connectivity index (χ1v) is 7.39. The number of nitrogens with zero attached hydrogens (tertiary/aromatic N) is 2. The van der Waals surface area contributed by atoms with Crippen molar-refractivity contribution in [1.82, 2.24) is 9.80 Å². The molecule has 2 unspecified atom stereocenters. The Balaban J connectivity index is 1.73. The molecule has 100 valence electrons. The Morgan fingerprint density at radius 1 is 1.06 bits per heavy atom. The van der Waals surface area contributed by atoms with Gasteiger partial charge in [-0.1, -0.05) is 12.8 Å². The van der Waals surface area contributed by atoms with Crippen molar-refractivity contribution in [3.8, 4) is 0 Å². The molecule has 0 bridgehead atoms. The highest BCUT2D eigenvalue weighted by Gasteiger charge is 2.26. The Morgan fingerprint density at radius 3 is 2.29 bits per heavy atom. The summed E-state index contributed by atoms with van der Waals surface area (Å²) in [6.45, 7) is 10.8. The monoisotopic (exact) mass is 239 g/mol. The maximum absolute atomic E-state index is 6.23. The van der Waals surface area contributed by atoms with Crippen molar-refractivity contribution in [2.75, 3.05) is 32.7 Å². The Labute approximate surface area is 106 Å². The fourth-order valence-corrected chi connectivity index (χ4v) is 3.26. The highest BCUT2D eigenvalue weighted by Crippen LogP contribution is 2.24. The van der Waals surface area contributed by atoms with Gasteiger partial charge in [-0.2, -0.15) is 0 Å². The molecule has 0 aromatic heterocycles. The summed E-state index contributed by atoms with van der Waals surface area (Å²) in [6.07, 6.45) is 5.34. The topological polar surface area (TPSA) is 32.5 Å². The summed E-state index contributed by atoms with van der Waals surface area (Å²) in [4.78, 5) is 5.21. The van der Waals surface area contributed by atoms with Gasteiger partial charge in [-0.3, -0.25) is 4.90 Å². The van der Waals surface area contributed by atoms with Crippen LogP contribution in [0.2, 0.25) is 0 Å². The molecule has 1 aliphatic carbocycles. The molecular weight excluding hydrogens is 210 g/mol. The predicted molar refractivity (Wildman–Crippen MR) is 73.1 cm³/mol. The summed E-state index contributed by atoms with van der Waals surface area (Å²) < 4.78 is 0. The van der Waals surface area contributed by atoms with E-state index in [0.29, 0.717) is 12.1 Å². The first-order valence-electron chi connectivity index (χ1n) is 7.39. The Morgan fingerprint density at radius 2 is 1.71 bits per heavy atom. The molecule has 1 saturated carbocycles. The van der Waals surface area contributed by atoms with E-state index >= 15 is 0 Å². The van der Waals surface area contributed by atoms with E-state index in [9.17, 15) is 0 Å². The van der Waals surface area contributed by atoms with Gasteiger partial charge in [0.05, 0.1) is 0 Å². The van der Waals surface area contributed by atoms with Crippen LogP contribution in [0.1, 0.15) is 39.5 Å². The maximum Gasteiger partial charge on any atom is 0.0113 e. The van der Waals surface area contributed by atoms with Crippen LogP contribution in [0, 0.1) is 5.92 Å². The molecule has 17 heavy (non-hydrogen) atoms. The molecule has 0 aromatic carbocycles. The lowest BCUT2D eigenvalue weighted by Gasteiger charge is -2.40. The third-order valence-electron chi connectivity index (χ3n) is 4.60. The van der Waals surface area contributed by atoms with Crippen LogP contribution in [-0.4, -0.2) is 54.6 Å². The third kappa shape index (κ3) is 3.67. The number of nitrogens with two attached hydrogens (primary N) is 1. The summed E-state index contributed by atoms with van der Waals surface area (Å²) in [5, 5.41) is 0. The molecule has 3 heteroatoms. The van der Waals surface area contributed by atoms with Crippen LogP contribution >= 0.6 is 0 Å². The van der Waals surface area contributed by atoms with Crippen molar-refractivity contribution in [1.29, 1.82) is 0 Å². The van der Waals surface area contributed by atoms with Crippen molar-refractivity contribution in [3.05, 3.63) is 0 Å². The zero-order valence-corrected chi connectivity index (χ0v) is 11.6. The van der Waals surface area contributed by atoms with E-state index in [0.717, 1.165) is 5.92 Å². The van der Waals surface area contributed by atoms with E-state index in [1.165, 1.54) is 58.4 Å². The molecule has 2 atom stereocenters. The average Bonchev–Trinajstić information content (AvgIpc) is 2.33. The largest absolute Gasteiger partial charge is 0.327 e. The van der Waals surface area contributed by atoms with E-state index < -0.39 is 0 Å². The molecule has 0 spiro atoms. The highest BCUT2D eigenvalue weighted by molar-refractivity contribution is 4.83. The average molecular weight is 239 g/mol. The fraction of sp³-hybridized carbons (Fsp3) is 1.00. The second-order valence-electron chi connectivity index (χ2n) is 6.14. The van der Waals surface area contributed by atoms with Crippen molar-refractivity contribution in [2.45, 2.75) is 51.6 Å². The quantitative estimate of drug-likeness (QED) is 0.811. The minimum absolute atomic E-state index is 0.465. The smallest absolute Gasteiger partial charge is 0.0113 e. The van der Waals surface area contributed by atoms with Crippen LogP contribution in [0.3, 0.4) is 0 Å². The van der Waals surface area contributed by atoms with Gasteiger partial charge in [-0.05, 0) is 32.6 Å². The van der Waals surface area contributed by atoms with Gasteiger partial charge in [0, 0.05) is 44.8 Å². The van der Waals surface area contributed by atoms with E-state index in [2.05, 4.69) is 23.6 Å². The third-order valence-corrected chi connectivity index (χ3v) is 4.60. The van der Waals surface area contributed by atoms with Crippen molar-refractivity contribution < 1.29 is 0 Å². The fourth-order valence-electron chi connectivity index (χ4n) is 3.26. The second-order valence-corrected chi connectivity index (χ2v) is 6.14. The molecule has 3 nitrogen and oxygen atoms in total. The van der Waals surface area contributed by atoms with Gasteiger partial charge < -0.3 is 10.6 Å². The predicted octanol–water partition coefficient (Wildman–Crippen LogP) is 1.53. The van der Waals surface area contributed by atoms with Crippen LogP contribution in [0.25, 0.3) is 0 Å². The lowest BCUT2D eigenvalue weighted by Crippen LogP contribution is -2.51. The van der Waals surface area contributed by atoms with Crippen LogP contribution in [0.4, 0.5) is 0 Å². The van der Waals surface area contributed by atoms with E-state index in [-0.39, 0.29) is 0 Å². The lowest BCUT2D eigenvalue weighted by molar-refractivity contribution is 0.0870. The minimum atomic E-state index is 0.465. The summed E-state index contributed by atoms with van der Waals surface area (Å²) in [6, 6.07) is 1.17. The van der Waals surface area contributed by atoms with Gasteiger partial charge in [0.2, 0.25) is 0 Å². The zero-order valence-electron chi connectivity index (χ0n) is 11.6. The van der Waals surface area contributed by atoms with Crippen molar-refractivity contribution in [2.24, 2.45) is 11.7 Å². The van der Waals surface area contributed by atoms with Crippen LogP contribution < -0.4 is 5.73 Å². The molecule has 0 radical (unpaired) electrons. The van der Waals surface area contributed by atoms with Crippen molar-refractivity contribution >= 4 is 0 Å². The van der Waals surface area contributed by atoms with E-state index in [1.54, 1.807) is 0 Å². The molecule has 2 rings (SSSR count). The van der Waals surface area contributed by atoms with Gasteiger partial charge >= 0.3 is 0 Å². The van der Waals surface area contributed by atoms with Crippen LogP contribution in [0.15, 0.2) is 0 Å². The molecule has 1 heterocycles. The standard InChI is InChI=1S/C14H29N3/c1-12(2)17-9-7-16(8-10-17)11-13-5-3-4-6-14(13)15/h12-14H,3-11,15H2,1-2H3. The first-order chi connectivity index (χ1) is 8.16. The van der Waals surface area contributed by atoms with Crippen LogP contribution in [-0.2, 0) is 0 Å². The van der Waals surface area contributed by atoms with Crippen molar-refractivity contribution in [3.63, 3.8) is 0 Å². The number of rotatable bonds is 3. The van der Waals surface area contributed by atoms with Gasteiger partial charge in [-0.25, -0.2) is 0 Å². The van der Waals surface area contributed by atoms with Crippen LogP contribution in [0.5, 0.6) is 0 Å². The molecule has 2 aliphatic rings. The van der Waals surface area contributed by atoms with Gasteiger partial charge in [-0.15, -0.1) is 0 Å². The van der Waals surface area contributed by atoms with Gasteiger partial charge in [0.25, 0.3) is 0 Å². The zero-order chi connectivity index (χ0) is 12.3. The maximum atomic E-state index is 6.23. The number of hydrogen-bond acceptors (Lipinski definition) is 3. The van der Waals surface area contributed by atoms with Gasteiger partial charge in [0.1, 0.15) is 0 Å². The van der Waals surface area contributed by atoms with E-state index in [1.807, 2.05) is 0 Å². The highest BCUT2D eigenvalue weighted by atomic mass is 15.3. The summed E-state index contributed by atoms with van der Waals surface area (Å²) in [5.74, 6) is 0.759. The molecule has 0 aromatic rings. The second kappa shape index (κ2) is 6.17. The van der Waals surface area contributed by atoms with Gasteiger partial charge in [0.15, 0.2) is 0 Å². The molecule has 1 aliphatic heterocycles. The van der Waals surface area contributed by atoms with E-state index in [4.69, 9.17) is 5.73 Å². The minimum Gasteiger partial charge on any atom is -0.327 e. The summed E-state index contributed by atoms with van der Waals surface area (Å²) in [5.41, 5.74) is 6.23. The summed E-state index contributed by atoms with van der Waals surface area (Å²) in [7, 11) is 0. The number of hydrogen-bond donors (Lipinski definition) is 1.